The summed E-state index contributed by atoms with van der Waals surface area (Å²) in [5, 5.41) is 77.8. The molecule has 4 aliphatic carbocycles. The van der Waals surface area contributed by atoms with Crippen molar-refractivity contribution in [2.45, 2.75) is 192 Å². The van der Waals surface area contributed by atoms with Gasteiger partial charge in [-0.25, -0.2) is 0 Å². The number of aliphatic hydroxyl groups excluding tert-OH is 7. The molecule has 21 unspecified atom stereocenters. The minimum absolute atomic E-state index is 0.0555. The van der Waals surface area contributed by atoms with Gasteiger partial charge in [0.1, 0.15) is 48.5 Å². The van der Waals surface area contributed by atoms with E-state index >= 15 is 0 Å². The van der Waals surface area contributed by atoms with Crippen LogP contribution >= 0.6 is 0 Å². The molecule has 0 aromatic carbocycles. The Morgan fingerprint density at radius 2 is 1.49 bits per heavy atom. The molecule has 2 saturated heterocycles. The van der Waals surface area contributed by atoms with Crippen molar-refractivity contribution in [1.82, 2.24) is 5.32 Å². The van der Waals surface area contributed by atoms with E-state index in [4.69, 9.17) is 18.9 Å². The number of hydrogen-bond acceptors (Lipinski definition) is 13. The van der Waals surface area contributed by atoms with Crippen LogP contribution in [0.5, 0.6) is 0 Å². The van der Waals surface area contributed by atoms with Gasteiger partial charge in [-0.05, 0) is 117 Å². The number of ether oxygens (including phenoxy) is 4. The van der Waals surface area contributed by atoms with Crippen LogP contribution in [0.25, 0.3) is 0 Å². The van der Waals surface area contributed by atoms with E-state index in [1.807, 2.05) is 13.8 Å². The maximum atomic E-state index is 13.6. The topological polar surface area (TPSA) is 225 Å². The molecule has 0 aromatic rings. The van der Waals surface area contributed by atoms with Gasteiger partial charge in [-0.3, -0.25) is 9.59 Å². The molecule has 1 amide bonds. The van der Waals surface area contributed by atoms with Crippen molar-refractivity contribution < 1.29 is 64.3 Å². The molecule has 0 spiro atoms. The van der Waals surface area contributed by atoms with Crippen molar-refractivity contribution in [3.8, 4) is 0 Å². The lowest BCUT2D eigenvalue weighted by Crippen LogP contribution is -2.64. The Hall–Kier alpha value is -1.30. The number of fused-ring (bicyclic) bond motifs is 5. The Bertz CT molecular complexity index is 1370. The van der Waals surface area contributed by atoms with Crippen LogP contribution in [0.2, 0.25) is 0 Å². The molecule has 57 heavy (non-hydrogen) atoms. The minimum atomic E-state index is -1.63. The highest BCUT2D eigenvalue weighted by atomic mass is 16.7. The van der Waals surface area contributed by atoms with Gasteiger partial charge in [-0.2, -0.15) is 0 Å². The molecule has 6 rings (SSSR count). The number of carbonyl (C=O) groups excluding carboxylic acids is 2. The fourth-order valence-corrected chi connectivity index (χ4v) is 12.6. The minimum Gasteiger partial charge on any atom is -0.394 e. The van der Waals surface area contributed by atoms with Crippen molar-refractivity contribution in [3.63, 3.8) is 0 Å². The SMILES string of the molecule is CCCC(=O)NCC(C)CCC(=O)C(C)C1C(O)CC2C3CCC4CC(OC5OC(CO)C(OC6OC(C)C(O)C(O)C6O)C(O)C5O)CCC4(C)C3CCC21C. The zero-order valence-corrected chi connectivity index (χ0v) is 34.9. The predicted octanol–water partition coefficient (Wildman–Crippen LogP) is 2.19. The first-order chi connectivity index (χ1) is 26.9. The molecule has 0 radical (unpaired) electrons. The molecule has 0 bridgehead atoms. The number of rotatable bonds is 14. The van der Waals surface area contributed by atoms with Gasteiger partial charge in [0.15, 0.2) is 12.6 Å². The highest BCUT2D eigenvalue weighted by Gasteiger charge is 2.63. The Kier molecular flexibility index (Phi) is 14.6. The number of ketones is 1. The fourth-order valence-electron chi connectivity index (χ4n) is 12.6. The summed E-state index contributed by atoms with van der Waals surface area (Å²) in [6, 6.07) is 0. The van der Waals surface area contributed by atoms with E-state index in [9.17, 15) is 45.3 Å². The monoisotopic (exact) mass is 812 g/mol. The third kappa shape index (κ3) is 8.89. The maximum Gasteiger partial charge on any atom is 0.219 e. The van der Waals surface area contributed by atoms with Gasteiger partial charge in [0.25, 0.3) is 0 Å². The summed E-state index contributed by atoms with van der Waals surface area (Å²) in [4.78, 5) is 25.6. The van der Waals surface area contributed by atoms with Crippen LogP contribution in [-0.4, -0.2) is 134 Å². The lowest BCUT2D eigenvalue weighted by molar-refractivity contribution is -0.361. The average molecular weight is 812 g/mol. The van der Waals surface area contributed by atoms with Gasteiger partial charge in [0, 0.05) is 25.3 Å². The van der Waals surface area contributed by atoms with Gasteiger partial charge < -0.3 is 60.0 Å². The van der Waals surface area contributed by atoms with Crippen LogP contribution in [0.15, 0.2) is 0 Å². The van der Waals surface area contributed by atoms with E-state index < -0.39 is 74.1 Å². The summed E-state index contributed by atoms with van der Waals surface area (Å²) in [5.74, 6) is 1.86. The molecule has 2 aliphatic heterocycles. The summed E-state index contributed by atoms with van der Waals surface area (Å²) >= 11 is 0. The molecule has 2 heterocycles. The van der Waals surface area contributed by atoms with E-state index in [0.717, 1.165) is 64.2 Å². The lowest BCUT2D eigenvalue weighted by atomic mass is 9.44. The molecule has 21 atom stereocenters. The molecule has 6 fully saturated rings. The summed E-state index contributed by atoms with van der Waals surface area (Å²) < 4.78 is 23.7. The predicted molar refractivity (Wildman–Crippen MR) is 207 cm³/mol. The zero-order valence-electron chi connectivity index (χ0n) is 34.9. The molecule has 8 N–H and O–H groups in total. The third-order valence-electron chi connectivity index (χ3n) is 16.0. The summed E-state index contributed by atoms with van der Waals surface area (Å²) in [7, 11) is 0. The normalized spacial score (nSPS) is 48.3. The maximum absolute atomic E-state index is 13.6. The van der Waals surface area contributed by atoms with Crippen molar-refractivity contribution in [3.05, 3.63) is 0 Å². The van der Waals surface area contributed by atoms with Crippen molar-refractivity contribution in [1.29, 1.82) is 0 Å². The van der Waals surface area contributed by atoms with E-state index in [0.29, 0.717) is 43.1 Å². The summed E-state index contributed by atoms with van der Waals surface area (Å²) in [6.45, 7) is 12.3. The number of carbonyl (C=O) groups is 2. The van der Waals surface area contributed by atoms with Crippen LogP contribution in [0.3, 0.4) is 0 Å². The number of amides is 1. The smallest absolute Gasteiger partial charge is 0.219 e. The van der Waals surface area contributed by atoms with Crippen LogP contribution < -0.4 is 5.32 Å². The first-order valence-corrected chi connectivity index (χ1v) is 22.1. The molecule has 14 nitrogen and oxygen atoms in total. The van der Waals surface area contributed by atoms with Crippen molar-refractivity contribution >= 4 is 11.7 Å². The Morgan fingerprint density at radius 1 is 0.807 bits per heavy atom. The molecule has 0 aromatic heterocycles. The zero-order chi connectivity index (χ0) is 41.6. The Balaban J connectivity index is 1.03. The third-order valence-corrected chi connectivity index (χ3v) is 16.0. The van der Waals surface area contributed by atoms with Crippen molar-refractivity contribution in [2.24, 2.45) is 52.3 Å². The van der Waals surface area contributed by atoms with Gasteiger partial charge in [-0.1, -0.05) is 34.6 Å². The number of Topliss-reactive ketones (excluding diaryl/α,β-unsaturated/α-hetero) is 1. The number of hydrogen-bond donors (Lipinski definition) is 8. The van der Waals surface area contributed by atoms with Crippen LogP contribution in [0, 0.1) is 52.3 Å². The van der Waals surface area contributed by atoms with Crippen molar-refractivity contribution in [2.75, 3.05) is 13.2 Å². The first-order valence-electron chi connectivity index (χ1n) is 22.1. The van der Waals surface area contributed by atoms with Gasteiger partial charge in [0.05, 0.1) is 24.9 Å². The van der Waals surface area contributed by atoms with E-state index in [1.165, 1.54) is 6.92 Å². The highest BCUT2D eigenvalue weighted by Crippen LogP contribution is 2.68. The number of aliphatic hydroxyl groups is 7. The van der Waals surface area contributed by atoms with E-state index in [1.54, 1.807) is 0 Å². The van der Waals surface area contributed by atoms with Crippen LogP contribution in [0.4, 0.5) is 0 Å². The second-order valence-corrected chi connectivity index (χ2v) is 19.5. The standard InChI is InChI=1S/C43H73NO13/c1-7-8-32(48)44-19-21(2)9-12-29(46)22(3)33-30(47)18-28-26-11-10-24-17-25(13-15-42(24,5)27(26)14-16-43(28,33)6)55-41-38(53)36(51)39(31(20-45)56-41)57-40-37(52)35(50)34(49)23(4)54-40/h21-28,30-31,33-41,45,47,49-53H,7-20H2,1-6H3,(H,44,48). The van der Waals surface area contributed by atoms with E-state index in [2.05, 4.69) is 26.1 Å². The van der Waals surface area contributed by atoms with Gasteiger partial charge in [0.2, 0.25) is 5.91 Å². The van der Waals surface area contributed by atoms with Gasteiger partial charge >= 0.3 is 0 Å². The molecule has 14 heteroatoms. The van der Waals surface area contributed by atoms with Crippen LogP contribution in [0.1, 0.15) is 119 Å². The Labute approximate surface area is 338 Å². The highest BCUT2D eigenvalue weighted by molar-refractivity contribution is 5.81. The molecular formula is C43H73NO13. The Morgan fingerprint density at radius 3 is 2.19 bits per heavy atom. The van der Waals surface area contributed by atoms with Gasteiger partial charge in [-0.15, -0.1) is 0 Å². The average Bonchev–Trinajstić information content (AvgIpc) is 3.46. The fraction of sp³-hybridized carbons (Fsp3) is 0.953. The second-order valence-electron chi connectivity index (χ2n) is 19.5. The first kappa shape index (κ1) is 45.2. The molecule has 328 valence electrons. The van der Waals surface area contributed by atoms with Crippen LogP contribution in [-0.2, 0) is 28.5 Å². The molecule has 4 saturated carbocycles. The number of nitrogens with one attached hydrogen (secondary N) is 1. The summed E-state index contributed by atoms with van der Waals surface area (Å²) in [5.41, 5.74) is -0.0367. The lowest BCUT2D eigenvalue weighted by Gasteiger charge is -2.61. The largest absolute Gasteiger partial charge is 0.394 e. The van der Waals surface area contributed by atoms with E-state index in [-0.39, 0.29) is 46.4 Å². The molecular weight excluding hydrogens is 738 g/mol. The molecule has 6 aliphatic rings. The quantitative estimate of drug-likeness (QED) is 0.118. The summed E-state index contributed by atoms with van der Waals surface area (Å²) in [6.07, 6.45) is -4.57. The second kappa shape index (κ2) is 18.4.